The van der Waals surface area contributed by atoms with E-state index in [0.717, 1.165) is 5.56 Å². The predicted octanol–water partition coefficient (Wildman–Crippen LogP) is 0.331. The van der Waals surface area contributed by atoms with Gasteiger partial charge in [0.15, 0.2) is 0 Å². The van der Waals surface area contributed by atoms with E-state index in [2.05, 4.69) is 6.07 Å². The molecule has 0 aromatic heterocycles. The highest BCUT2D eigenvalue weighted by Gasteiger charge is 2.30. The molecule has 1 heterocycles. The van der Waals surface area contributed by atoms with Crippen LogP contribution in [-0.2, 0) is 0 Å². The smallest absolute Gasteiger partial charge is 0.0938 e. The fraction of sp³-hybridized carbons (Fsp3) is 0.462. The van der Waals surface area contributed by atoms with E-state index in [9.17, 15) is 10.2 Å². The number of β-amino-alcohol motifs (C(OH)–C–C–N with tert-alkyl or cyclic N) is 2. The lowest BCUT2D eigenvalue weighted by atomic mass is 10.0. The van der Waals surface area contributed by atoms with E-state index in [1.165, 1.54) is 0 Å². The Morgan fingerprint density at radius 3 is 2.35 bits per heavy atom. The Morgan fingerprint density at radius 1 is 1.24 bits per heavy atom. The third kappa shape index (κ3) is 2.83. The summed E-state index contributed by atoms with van der Waals surface area (Å²) in [5.74, 6) is -0.214. The fourth-order valence-electron chi connectivity index (χ4n) is 2.16. The molecule has 0 radical (unpaired) electrons. The zero-order valence-electron chi connectivity index (χ0n) is 9.53. The Balaban J connectivity index is 2.00. The van der Waals surface area contributed by atoms with E-state index in [4.69, 9.17) is 5.26 Å². The molecule has 1 aromatic rings. The maximum absolute atomic E-state index is 9.45. The third-order valence-electron chi connectivity index (χ3n) is 3.13. The van der Waals surface area contributed by atoms with Crippen LogP contribution in [0.15, 0.2) is 30.3 Å². The van der Waals surface area contributed by atoms with Gasteiger partial charge in [0.1, 0.15) is 0 Å². The molecule has 0 bridgehead atoms. The van der Waals surface area contributed by atoms with Gasteiger partial charge in [-0.25, -0.2) is 0 Å². The molecule has 3 atom stereocenters. The first-order valence-corrected chi connectivity index (χ1v) is 5.73. The molecular weight excluding hydrogens is 216 g/mol. The van der Waals surface area contributed by atoms with Gasteiger partial charge in [-0.1, -0.05) is 30.3 Å². The number of aliphatic hydroxyl groups is 2. The summed E-state index contributed by atoms with van der Waals surface area (Å²) in [6.45, 7) is 1.42. The number of likely N-dealkylation sites (tertiary alicyclic amines) is 1. The van der Waals surface area contributed by atoms with Gasteiger partial charge >= 0.3 is 0 Å². The van der Waals surface area contributed by atoms with E-state index in [1.54, 1.807) is 0 Å². The van der Waals surface area contributed by atoms with Crippen molar-refractivity contribution >= 4 is 0 Å². The molecule has 0 amide bonds. The molecule has 0 spiro atoms. The average molecular weight is 232 g/mol. The minimum Gasteiger partial charge on any atom is -0.389 e. The highest BCUT2D eigenvalue weighted by atomic mass is 16.3. The highest BCUT2D eigenvalue weighted by Crippen LogP contribution is 2.19. The summed E-state index contributed by atoms with van der Waals surface area (Å²) in [5, 5.41) is 28.1. The van der Waals surface area contributed by atoms with Crippen molar-refractivity contribution in [3.63, 3.8) is 0 Å². The Bertz CT molecular complexity index is 392. The lowest BCUT2D eigenvalue weighted by Gasteiger charge is -2.18. The van der Waals surface area contributed by atoms with Gasteiger partial charge < -0.3 is 10.2 Å². The number of hydrogen-bond acceptors (Lipinski definition) is 4. The highest BCUT2D eigenvalue weighted by molar-refractivity contribution is 5.25. The second-order valence-corrected chi connectivity index (χ2v) is 4.45. The van der Waals surface area contributed by atoms with Crippen LogP contribution in [0.2, 0.25) is 0 Å². The number of aliphatic hydroxyl groups excluding tert-OH is 2. The number of hydrogen-bond donors (Lipinski definition) is 2. The van der Waals surface area contributed by atoms with E-state index in [0.29, 0.717) is 19.6 Å². The number of nitrogens with zero attached hydrogens (tertiary/aromatic N) is 2. The first-order valence-electron chi connectivity index (χ1n) is 5.73. The number of rotatable bonds is 3. The first-order chi connectivity index (χ1) is 8.20. The molecule has 1 unspecified atom stereocenters. The Hall–Kier alpha value is -1.41. The summed E-state index contributed by atoms with van der Waals surface area (Å²) < 4.78 is 0. The predicted molar refractivity (Wildman–Crippen MR) is 63.2 cm³/mol. The third-order valence-corrected chi connectivity index (χ3v) is 3.13. The molecule has 0 saturated carbocycles. The standard InChI is InChI=1S/C13H16N2O2/c14-6-11(10-4-2-1-3-5-10)7-15-8-12(16)13(17)9-15/h1-5,11-13,16-17H,7-9H2/t11?,12-,13+. The quantitative estimate of drug-likeness (QED) is 0.788. The molecule has 1 aromatic carbocycles. The first kappa shape index (κ1) is 12.1. The zero-order chi connectivity index (χ0) is 12.3. The van der Waals surface area contributed by atoms with Gasteiger partial charge in [-0.05, 0) is 5.56 Å². The Labute approximate surface area is 101 Å². The van der Waals surface area contributed by atoms with Gasteiger partial charge in [0.2, 0.25) is 0 Å². The van der Waals surface area contributed by atoms with Crippen molar-refractivity contribution in [2.75, 3.05) is 19.6 Å². The van der Waals surface area contributed by atoms with Crippen molar-refractivity contribution in [2.45, 2.75) is 18.1 Å². The number of nitriles is 1. The Morgan fingerprint density at radius 2 is 1.82 bits per heavy atom. The van der Waals surface area contributed by atoms with Crippen molar-refractivity contribution in [3.05, 3.63) is 35.9 Å². The van der Waals surface area contributed by atoms with Crippen LogP contribution in [0, 0.1) is 11.3 Å². The van der Waals surface area contributed by atoms with E-state index < -0.39 is 12.2 Å². The monoisotopic (exact) mass is 232 g/mol. The van der Waals surface area contributed by atoms with Crippen LogP contribution in [0.25, 0.3) is 0 Å². The molecule has 17 heavy (non-hydrogen) atoms. The fourth-order valence-corrected chi connectivity index (χ4v) is 2.16. The molecule has 1 fully saturated rings. The maximum Gasteiger partial charge on any atom is 0.0938 e. The molecule has 4 nitrogen and oxygen atoms in total. The van der Waals surface area contributed by atoms with E-state index in [-0.39, 0.29) is 5.92 Å². The molecule has 2 rings (SSSR count). The topological polar surface area (TPSA) is 67.5 Å². The van der Waals surface area contributed by atoms with Crippen LogP contribution in [0.4, 0.5) is 0 Å². The lowest BCUT2D eigenvalue weighted by Crippen LogP contribution is -2.27. The molecule has 0 aliphatic carbocycles. The summed E-state index contributed by atoms with van der Waals surface area (Å²) in [4.78, 5) is 1.93. The average Bonchev–Trinajstić information content (AvgIpc) is 2.67. The van der Waals surface area contributed by atoms with Crippen LogP contribution in [0.5, 0.6) is 0 Å². The van der Waals surface area contributed by atoms with Gasteiger partial charge in [0.25, 0.3) is 0 Å². The van der Waals surface area contributed by atoms with Gasteiger partial charge in [-0.15, -0.1) is 0 Å². The Kier molecular flexibility index (Phi) is 3.75. The zero-order valence-corrected chi connectivity index (χ0v) is 9.53. The molecule has 1 aliphatic heterocycles. The van der Waals surface area contributed by atoms with Gasteiger partial charge in [-0.3, -0.25) is 4.90 Å². The van der Waals surface area contributed by atoms with Crippen molar-refractivity contribution in [1.29, 1.82) is 5.26 Å². The van der Waals surface area contributed by atoms with Crippen molar-refractivity contribution in [1.82, 2.24) is 4.90 Å². The summed E-state index contributed by atoms with van der Waals surface area (Å²) in [7, 11) is 0. The van der Waals surface area contributed by atoms with Crippen molar-refractivity contribution < 1.29 is 10.2 Å². The molecule has 4 heteroatoms. The molecular formula is C13H16N2O2. The second-order valence-electron chi connectivity index (χ2n) is 4.45. The SMILES string of the molecule is N#CC(CN1C[C@@H](O)[C@@H](O)C1)c1ccccc1. The molecule has 1 saturated heterocycles. The lowest BCUT2D eigenvalue weighted by molar-refractivity contribution is 0.0572. The second kappa shape index (κ2) is 5.28. The van der Waals surface area contributed by atoms with Gasteiger partial charge in [0.05, 0.1) is 24.2 Å². The normalized spacial score (nSPS) is 26.6. The van der Waals surface area contributed by atoms with Crippen LogP contribution >= 0.6 is 0 Å². The summed E-state index contributed by atoms with van der Waals surface area (Å²) in [6, 6.07) is 11.9. The van der Waals surface area contributed by atoms with E-state index in [1.807, 2.05) is 35.2 Å². The van der Waals surface area contributed by atoms with Crippen LogP contribution < -0.4 is 0 Å². The molecule has 1 aliphatic rings. The van der Waals surface area contributed by atoms with Crippen LogP contribution in [0.1, 0.15) is 11.5 Å². The summed E-state index contributed by atoms with van der Waals surface area (Å²) in [5.41, 5.74) is 0.978. The van der Waals surface area contributed by atoms with Gasteiger partial charge in [-0.2, -0.15) is 5.26 Å². The van der Waals surface area contributed by atoms with Crippen LogP contribution in [-0.4, -0.2) is 47.0 Å². The van der Waals surface area contributed by atoms with Crippen molar-refractivity contribution in [3.8, 4) is 6.07 Å². The number of benzene rings is 1. The molecule has 2 N–H and O–H groups in total. The van der Waals surface area contributed by atoms with Crippen molar-refractivity contribution in [2.24, 2.45) is 0 Å². The van der Waals surface area contributed by atoms with Gasteiger partial charge in [0, 0.05) is 19.6 Å². The largest absolute Gasteiger partial charge is 0.389 e. The van der Waals surface area contributed by atoms with E-state index >= 15 is 0 Å². The summed E-state index contributed by atoms with van der Waals surface area (Å²) >= 11 is 0. The minimum atomic E-state index is -0.690. The minimum absolute atomic E-state index is 0.214. The summed E-state index contributed by atoms with van der Waals surface area (Å²) in [6.07, 6.45) is -1.38. The molecule has 90 valence electrons. The van der Waals surface area contributed by atoms with Crippen LogP contribution in [0.3, 0.4) is 0 Å². The maximum atomic E-state index is 9.45.